The minimum atomic E-state index is -4.82. The quantitative estimate of drug-likeness (QED) is 0.154. The number of ether oxygens (including phenoxy) is 1. The minimum absolute atomic E-state index is 0.187. The molecule has 0 aliphatic carbocycles. The monoisotopic (exact) mass is 417 g/mol. The second-order valence-corrected chi connectivity index (χ2v) is 7.94. The molecular formula is C16H36NO9P. The van der Waals surface area contributed by atoms with E-state index in [4.69, 9.17) is 35.6 Å². The van der Waals surface area contributed by atoms with E-state index in [0.29, 0.717) is 6.61 Å². The highest BCUT2D eigenvalue weighted by atomic mass is 31.2. The maximum atomic E-state index is 10.2. The van der Waals surface area contributed by atoms with Crippen LogP contribution in [0.25, 0.3) is 0 Å². The highest BCUT2D eigenvalue weighted by molar-refractivity contribution is 7.52. The van der Waals surface area contributed by atoms with Crippen LogP contribution >= 0.6 is 7.60 Å². The Bertz CT molecular complexity index is 419. The number of carboxylic acids is 1. The second-order valence-electron chi connectivity index (χ2n) is 6.23. The van der Waals surface area contributed by atoms with Crippen LogP contribution in [-0.4, -0.2) is 73.5 Å². The number of nitrogens with two attached hydrogens (primary N) is 1. The largest absolute Gasteiger partial charge is 0.480 e. The van der Waals surface area contributed by atoms with E-state index >= 15 is 0 Å². The van der Waals surface area contributed by atoms with E-state index in [9.17, 15) is 14.5 Å². The standard InChI is InChI=1S/C13H28O3.C3H8NO6P/c1-3-5-7-9-13(12(15)11-14)16-10-8-6-4-2;4-1(2(5)6)3(7)11(8,9)10/h12-15H,3-11H2,1-2H3;1,3,7H,4H2,(H,5,6)(H2,8,9,10)/t;1-,3?/m.1/s1. The number of rotatable bonds is 14. The molecule has 0 amide bonds. The third-order valence-corrected chi connectivity index (χ3v) is 4.75. The van der Waals surface area contributed by atoms with Gasteiger partial charge >= 0.3 is 13.6 Å². The molecule has 0 radical (unpaired) electrons. The summed E-state index contributed by atoms with van der Waals surface area (Å²) in [4.78, 5) is 26.4. The van der Waals surface area contributed by atoms with Gasteiger partial charge in [0.2, 0.25) is 0 Å². The minimum Gasteiger partial charge on any atom is -0.480 e. The van der Waals surface area contributed by atoms with Crippen LogP contribution in [0.1, 0.15) is 58.8 Å². The van der Waals surface area contributed by atoms with Gasteiger partial charge in [-0.3, -0.25) is 9.36 Å². The maximum Gasteiger partial charge on any atom is 0.356 e. The van der Waals surface area contributed by atoms with Gasteiger partial charge < -0.3 is 40.7 Å². The average Bonchev–Trinajstić information content (AvgIpc) is 2.61. The molecule has 0 saturated heterocycles. The highest BCUT2D eigenvalue weighted by Gasteiger charge is 2.36. The molecule has 0 heterocycles. The van der Waals surface area contributed by atoms with Gasteiger partial charge in [0.25, 0.3) is 0 Å². The van der Waals surface area contributed by atoms with Gasteiger partial charge in [0.1, 0.15) is 12.1 Å². The Morgan fingerprint density at radius 2 is 1.59 bits per heavy atom. The molecule has 3 unspecified atom stereocenters. The van der Waals surface area contributed by atoms with Crippen LogP contribution in [0, 0.1) is 0 Å². The number of unbranched alkanes of at least 4 members (excludes halogenated alkanes) is 4. The van der Waals surface area contributed by atoms with Gasteiger partial charge in [-0.05, 0) is 12.8 Å². The molecule has 0 aromatic carbocycles. The fourth-order valence-corrected chi connectivity index (χ4v) is 2.57. The Morgan fingerprint density at radius 3 is 1.96 bits per heavy atom. The molecule has 0 aliphatic rings. The number of hydrogen-bond acceptors (Lipinski definition) is 7. The predicted octanol–water partition coefficient (Wildman–Crippen LogP) is 0.390. The summed E-state index contributed by atoms with van der Waals surface area (Å²) >= 11 is 0. The molecular weight excluding hydrogens is 381 g/mol. The summed E-state index contributed by atoms with van der Waals surface area (Å²) in [5.74, 6) is -4.01. The Labute approximate surface area is 160 Å². The van der Waals surface area contributed by atoms with E-state index < -0.39 is 31.6 Å². The number of aliphatic carboxylic acids is 1. The third kappa shape index (κ3) is 15.1. The summed E-state index contributed by atoms with van der Waals surface area (Å²) in [6, 6.07) is -1.96. The van der Waals surface area contributed by atoms with Gasteiger partial charge in [0, 0.05) is 6.61 Å². The van der Waals surface area contributed by atoms with Gasteiger partial charge in [-0.2, -0.15) is 0 Å². The van der Waals surface area contributed by atoms with Crippen molar-refractivity contribution in [3.05, 3.63) is 0 Å². The molecule has 4 atom stereocenters. The first-order valence-corrected chi connectivity index (χ1v) is 10.8. The van der Waals surface area contributed by atoms with Crippen LogP contribution in [-0.2, 0) is 14.1 Å². The molecule has 0 aromatic rings. The first kappa shape index (κ1) is 28.6. The van der Waals surface area contributed by atoms with Gasteiger partial charge in [-0.1, -0.05) is 46.0 Å². The number of aliphatic hydroxyl groups excluding tert-OH is 3. The molecule has 0 rings (SSSR count). The molecule has 10 nitrogen and oxygen atoms in total. The van der Waals surface area contributed by atoms with Crippen LogP contribution in [0.15, 0.2) is 0 Å². The lowest BCUT2D eigenvalue weighted by Gasteiger charge is -2.22. The summed E-state index contributed by atoms with van der Waals surface area (Å²) in [6.45, 7) is 4.80. The second kappa shape index (κ2) is 16.4. The fourth-order valence-electron chi connectivity index (χ4n) is 2.02. The smallest absolute Gasteiger partial charge is 0.356 e. The first-order chi connectivity index (χ1) is 12.5. The third-order valence-electron chi connectivity index (χ3n) is 3.74. The van der Waals surface area contributed by atoms with Crippen molar-refractivity contribution < 1.29 is 44.3 Å². The van der Waals surface area contributed by atoms with E-state index in [1.54, 1.807) is 0 Å². The zero-order valence-corrected chi connectivity index (χ0v) is 17.0. The molecule has 11 heteroatoms. The summed E-state index contributed by atoms with van der Waals surface area (Å²) in [5, 5.41) is 35.2. The van der Waals surface area contributed by atoms with Crippen molar-refractivity contribution in [2.75, 3.05) is 13.2 Å². The molecule has 0 fully saturated rings. The maximum absolute atomic E-state index is 10.2. The normalized spacial score (nSPS) is 16.0. The van der Waals surface area contributed by atoms with Gasteiger partial charge in [-0.25, -0.2) is 0 Å². The van der Waals surface area contributed by atoms with E-state index in [2.05, 4.69) is 13.8 Å². The van der Waals surface area contributed by atoms with Crippen molar-refractivity contribution in [1.82, 2.24) is 0 Å². The van der Waals surface area contributed by atoms with Crippen molar-refractivity contribution in [2.45, 2.75) is 82.9 Å². The van der Waals surface area contributed by atoms with E-state index in [-0.39, 0.29) is 12.7 Å². The van der Waals surface area contributed by atoms with Crippen LogP contribution in [0.2, 0.25) is 0 Å². The molecule has 164 valence electrons. The molecule has 0 saturated carbocycles. The molecule has 27 heavy (non-hydrogen) atoms. The van der Waals surface area contributed by atoms with Crippen molar-refractivity contribution >= 4 is 13.6 Å². The van der Waals surface area contributed by atoms with Gasteiger partial charge in [-0.15, -0.1) is 0 Å². The zero-order chi connectivity index (χ0) is 21.5. The Morgan fingerprint density at radius 1 is 1.07 bits per heavy atom. The average molecular weight is 417 g/mol. The molecule has 8 N–H and O–H groups in total. The lowest BCUT2D eigenvalue weighted by atomic mass is 10.1. The van der Waals surface area contributed by atoms with Crippen molar-refractivity contribution in [3.8, 4) is 0 Å². The molecule has 0 aliphatic heterocycles. The fraction of sp³-hybridized carbons (Fsp3) is 0.938. The summed E-state index contributed by atoms with van der Waals surface area (Å²) in [5.41, 5.74) is 4.70. The number of carbonyl (C=O) groups is 1. The lowest BCUT2D eigenvalue weighted by Crippen LogP contribution is -2.41. The van der Waals surface area contributed by atoms with E-state index in [1.165, 1.54) is 6.42 Å². The topological polar surface area (TPSA) is 191 Å². The van der Waals surface area contributed by atoms with Crippen molar-refractivity contribution in [1.29, 1.82) is 0 Å². The SMILES string of the molecule is CCCCCOC(CCCCC)C(O)CO.N[C@H](C(=O)O)C(O)P(=O)(O)O. The Balaban J connectivity index is 0. The molecule has 0 bridgehead atoms. The number of aliphatic hydroxyl groups is 3. The van der Waals surface area contributed by atoms with E-state index in [0.717, 1.165) is 38.5 Å². The van der Waals surface area contributed by atoms with Gasteiger partial charge in [0.05, 0.1) is 12.7 Å². The summed E-state index contributed by atoms with van der Waals surface area (Å²) < 4.78 is 15.8. The van der Waals surface area contributed by atoms with Gasteiger partial charge in [0.15, 0.2) is 5.85 Å². The number of hydrogen-bond donors (Lipinski definition) is 7. The number of carboxylic acid groups (broad SMARTS) is 1. The lowest BCUT2D eigenvalue weighted by molar-refractivity contribution is -0.140. The Kier molecular flexibility index (Phi) is 17.4. The van der Waals surface area contributed by atoms with E-state index in [1.807, 2.05) is 0 Å². The van der Waals surface area contributed by atoms with Crippen molar-refractivity contribution in [3.63, 3.8) is 0 Å². The summed E-state index contributed by atoms with van der Waals surface area (Å²) in [7, 11) is -4.82. The first-order valence-electron chi connectivity index (χ1n) is 9.14. The van der Waals surface area contributed by atoms with Crippen LogP contribution in [0.5, 0.6) is 0 Å². The van der Waals surface area contributed by atoms with Crippen molar-refractivity contribution in [2.24, 2.45) is 5.73 Å². The zero-order valence-electron chi connectivity index (χ0n) is 16.1. The van der Waals surface area contributed by atoms with Crippen LogP contribution < -0.4 is 5.73 Å². The Hall–Kier alpha value is -0.580. The summed E-state index contributed by atoms with van der Waals surface area (Å²) in [6.07, 6.45) is 6.70. The van der Waals surface area contributed by atoms with Crippen LogP contribution in [0.4, 0.5) is 0 Å². The molecule has 0 spiro atoms. The molecule has 0 aromatic heterocycles. The predicted molar refractivity (Wildman–Crippen MR) is 100 cm³/mol. The highest BCUT2D eigenvalue weighted by Crippen LogP contribution is 2.40. The van der Waals surface area contributed by atoms with Crippen LogP contribution in [0.3, 0.4) is 0 Å².